The first-order valence-electron chi connectivity index (χ1n) is 4.10. The van der Waals surface area contributed by atoms with Crippen LogP contribution < -0.4 is 11.3 Å². The Hall–Kier alpha value is -1.00. The molecule has 2 nitrogen and oxygen atoms in total. The number of nitrogens with two attached hydrogens (primary N) is 1. The Kier molecular flexibility index (Phi) is 3.33. The Morgan fingerprint density at radius 1 is 1.46 bits per heavy atom. The summed E-state index contributed by atoms with van der Waals surface area (Å²) in [5, 5.41) is 0. The van der Waals surface area contributed by atoms with Gasteiger partial charge in [0.25, 0.3) is 0 Å². The van der Waals surface area contributed by atoms with Crippen molar-refractivity contribution < 1.29 is 8.78 Å². The summed E-state index contributed by atoms with van der Waals surface area (Å²) in [6.07, 6.45) is 0.652. The highest BCUT2D eigenvalue weighted by molar-refractivity contribution is 5.21. The average molecular weight is 186 g/mol. The summed E-state index contributed by atoms with van der Waals surface area (Å²) in [5.41, 5.74) is 2.86. The summed E-state index contributed by atoms with van der Waals surface area (Å²) in [7, 11) is 0. The molecule has 0 saturated heterocycles. The van der Waals surface area contributed by atoms with Gasteiger partial charge in [0.15, 0.2) is 0 Å². The lowest BCUT2D eigenvalue weighted by molar-refractivity contribution is 0.494. The van der Waals surface area contributed by atoms with E-state index in [1.54, 1.807) is 0 Å². The molecule has 1 aromatic rings. The molecular formula is C9H12F2N2. The largest absolute Gasteiger partial charge is 0.271 e. The van der Waals surface area contributed by atoms with Gasteiger partial charge in [-0.3, -0.25) is 11.3 Å². The molecule has 72 valence electrons. The molecule has 0 aliphatic carbocycles. The fourth-order valence-corrected chi connectivity index (χ4v) is 1.21. The van der Waals surface area contributed by atoms with Gasteiger partial charge in [0.05, 0.1) is 0 Å². The van der Waals surface area contributed by atoms with E-state index in [1.165, 1.54) is 12.1 Å². The monoisotopic (exact) mass is 186 g/mol. The lowest BCUT2D eigenvalue weighted by Gasteiger charge is -2.14. The van der Waals surface area contributed by atoms with E-state index in [-0.39, 0.29) is 6.04 Å². The van der Waals surface area contributed by atoms with Crippen LogP contribution in [0.3, 0.4) is 0 Å². The van der Waals surface area contributed by atoms with E-state index in [0.29, 0.717) is 12.0 Å². The quantitative estimate of drug-likeness (QED) is 0.558. The maximum absolute atomic E-state index is 13.1. The molecule has 0 saturated carbocycles. The van der Waals surface area contributed by atoms with E-state index in [9.17, 15) is 8.78 Å². The molecule has 3 N–H and O–H groups in total. The molecule has 0 heterocycles. The Labute approximate surface area is 75.7 Å². The summed E-state index contributed by atoms with van der Waals surface area (Å²) < 4.78 is 25.7. The molecule has 1 atom stereocenters. The van der Waals surface area contributed by atoms with Crippen molar-refractivity contribution in [2.45, 2.75) is 19.4 Å². The van der Waals surface area contributed by atoms with Crippen molar-refractivity contribution in [3.63, 3.8) is 0 Å². The van der Waals surface area contributed by atoms with Gasteiger partial charge in [-0.25, -0.2) is 8.78 Å². The van der Waals surface area contributed by atoms with Crippen LogP contribution in [-0.4, -0.2) is 0 Å². The molecule has 0 fully saturated rings. The van der Waals surface area contributed by atoms with Crippen LogP contribution in [0, 0.1) is 11.6 Å². The second-order valence-corrected chi connectivity index (χ2v) is 2.79. The van der Waals surface area contributed by atoms with Gasteiger partial charge >= 0.3 is 0 Å². The predicted molar refractivity (Wildman–Crippen MR) is 46.7 cm³/mol. The van der Waals surface area contributed by atoms with E-state index in [1.807, 2.05) is 6.92 Å². The minimum atomic E-state index is -0.576. The minimum Gasteiger partial charge on any atom is -0.271 e. The van der Waals surface area contributed by atoms with Gasteiger partial charge in [-0.05, 0) is 12.5 Å². The van der Waals surface area contributed by atoms with Crippen molar-refractivity contribution in [1.29, 1.82) is 0 Å². The topological polar surface area (TPSA) is 38.0 Å². The number of hydrogen-bond donors (Lipinski definition) is 2. The second kappa shape index (κ2) is 4.30. The molecule has 0 spiro atoms. The summed E-state index contributed by atoms with van der Waals surface area (Å²) in [5.74, 6) is 4.07. The highest BCUT2D eigenvalue weighted by Gasteiger charge is 2.12. The predicted octanol–water partition coefficient (Wildman–Crippen LogP) is 1.88. The molecule has 0 aromatic heterocycles. The highest BCUT2D eigenvalue weighted by Crippen LogP contribution is 2.19. The summed E-state index contributed by atoms with van der Waals surface area (Å²) in [6.45, 7) is 1.87. The number of hydrazine groups is 1. The smallest absolute Gasteiger partial charge is 0.130 e. The van der Waals surface area contributed by atoms with Crippen LogP contribution >= 0.6 is 0 Å². The summed E-state index contributed by atoms with van der Waals surface area (Å²) in [4.78, 5) is 0. The standard InChI is InChI=1S/C9H12F2N2/c1-2-9(13-12)7-4-3-6(10)5-8(7)11/h3-5,9,13H,2,12H2,1H3/t9-/m1/s1. The number of hydrogen-bond acceptors (Lipinski definition) is 2. The van der Waals surface area contributed by atoms with Gasteiger partial charge in [0, 0.05) is 17.7 Å². The number of halogens is 2. The van der Waals surface area contributed by atoms with Crippen molar-refractivity contribution in [3.05, 3.63) is 35.4 Å². The van der Waals surface area contributed by atoms with Gasteiger partial charge in [-0.2, -0.15) is 0 Å². The van der Waals surface area contributed by atoms with Crippen molar-refractivity contribution in [1.82, 2.24) is 5.43 Å². The molecule has 1 aromatic carbocycles. The SMILES string of the molecule is CC[C@@H](NN)c1ccc(F)cc1F. The Morgan fingerprint density at radius 3 is 2.62 bits per heavy atom. The van der Waals surface area contributed by atoms with Gasteiger partial charge < -0.3 is 0 Å². The van der Waals surface area contributed by atoms with E-state index < -0.39 is 11.6 Å². The minimum absolute atomic E-state index is 0.263. The summed E-state index contributed by atoms with van der Waals surface area (Å²) in [6, 6.07) is 3.22. The molecule has 0 bridgehead atoms. The lowest BCUT2D eigenvalue weighted by Crippen LogP contribution is -2.28. The normalized spacial score (nSPS) is 12.9. The van der Waals surface area contributed by atoms with Crippen molar-refractivity contribution in [2.24, 2.45) is 5.84 Å². The van der Waals surface area contributed by atoms with Gasteiger partial charge in [0.2, 0.25) is 0 Å². The first-order valence-corrected chi connectivity index (χ1v) is 4.10. The van der Waals surface area contributed by atoms with Crippen molar-refractivity contribution in [3.8, 4) is 0 Å². The average Bonchev–Trinajstić information content (AvgIpc) is 2.10. The molecule has 0 aliphatic rings. The van der Waals surface area contributed by atoms with Crippen LogP contribution in [0.25, 0.3) is 0 Å². The first-order chi connectivity index (χ1) is 6.19. The third-order valence-corrected chi connectivity index (χ3v) is 1.95. The number of benzene rings is 1. The third-order valence-electron chi connectivity index (χ3n) is 1.95. The van der Waals surface area contributed by atoms with E-state index in [2.05, 4.69) is 5.43 Å². The fourth-order valence-electron chi connectivity index (χ4n) is 1.21. The highest BCUT2D eigenvalue weighted by atomic mass is 19.1. The van der Waals surface area contributed by atoms with E-state index in [0.717, 1.165) is 6.07 Å². The van der Waals surface area contributed by atoms with Crippen molar-refractivity contribution in [2.75, 3.05) is 0 Å². The number of rotatable bonds is 3. The van der Waals surface area contributed by atoms with Crippen LogP contribution in [0.5, 0.6) is 0 Å². The van der Waals surface area contributed by atoms with Crippen LogP contribution in [0.2, 0.25) is 0 Å². The van der Waals surface area contributed by atoms with Gasteiger partial charge in [-0.1, -0.05) is 13.0 Å². The van der Waals surface area contributed by atoms with Crippen molar-refractivity contribution >= 4 is 0 Å². The Morgan fingerprint density at radius 2 is 2.15 bits per heavy atom. The molecule has 0 radical (unpaired) electrons. The Balaban J connectivity index is 2.99. The molecule has 4 heteroatoms. The molecule has 0 amide bonds. The Bertz CT molecular complexity index is 285. The molecule has 0 unspecified atom stereocenters. The maximum Gasteiger partial charge on any atom is 0.130 e. The summed E-state index contributed by atoms with van der Waals surface area (Å²) >= 11 is 0. The number of nitrogens with one attached hydrogen (secondary N) is 1. The molecule has 13 heavy (non-hydrogen) atoms. The zero-order valence-corrected chi connectivity index (χ0v) is 7.35. The van der Waals surface area contributed by atoms with Crippen LogP contribution in [0.1, 0.15) is 24.9 Å². The lowest BCUT2D eigenvalue weighted by atomic mass is 10.0. The maximum atomic E-state index is 13.1. The van der Waals surface area contributed by atoms with Crippen LogP contribution in [0.4, 0.5) is 8.78 Å². The molecule has 1 rings (SSSR count). The van der Waals surface area contributed by atoms with Crippen LogP contribution in [0.15, 0.2) is 18.2 Å². The van der Waals surface area contributed by atoms with Gasteiger partial charge in [-0.15, -0.1) is 0 Å². The first kappa shape index (κ1) is 10.1. The fraction of sp³-hybridized carbons (Fsp3) is 0.333. The third kappa shape index (κ3) is 2.23. The molecular weight excluding hydrogens is 174 g/mol. The zero-order valence-electron chi connectivity index (χ0n) is 7.35. The van der Waals surface area contributed by atoms with Gasteiger partial charge in [0.1, 0.15) is 11.6 Å². The van der Waals surface area contributed by atoms with E-state index >= 15 is 0 Å². The molecule has 0 aliphatic heterocycles. The van der Waals surface area contributed by atoms with Crippen LogP contribution in [-0.2, 0) is 0 Å². The van der Waals surface area contributed by atoms with E-state index in [4.69, 9.17) is 5.84 Å². The zero-order chi connectivity index (χ0) is 9.84. The second-order valence-electron chi connectivity index (χ2n) is 2.79.